The van der Waals surface area contributed by atoms with Crippen LogP contribution in [0, 0.1) is 5.92 Å². The Bertz CT molecular complexity index is 651. The predicted molar refractivity (Wildman–Crippen MR) is 96.3 cm³/mol. The normalized spacial score (nSPS) is 12.0. The molecule has 0 N–H and O–H groups in total. The Morgan fingerprint density at radius 1 is 1.08 bits per heavy atom. The molecule has 0 aromatic heterocycles. The molecule has 0 unspecified atom stereocenters. The molecule has 5 nitrogen and oxygen atoms in total. The van der Waals surface area contributed by atoms with E-state index in [4.69, 9.17) is 4.18 Å². The molecule has 0 spiro atoms. The number of carbonyl (C=O) groups is 1. The summed E-state index contributed by atoms with van der Waals surface area (Å²) in [5.74, 6) is 0.613. The summed E-state index contributed by atoms with van der Waals surface area (Å²) in [4.78, 5) is 14.2. The monoisotopic (exact) mass is 355 g/mol. The molecule has 0 bridgehead atoms. The highest BCUT2D eigenvalue weighted by Crippen LogP contribution is 2.24. The van der Waals surface area contributed by atoms with Crippen LogP contribution in [0.4, 0.5) is 0 Å². The van der Waals surface area contributed by atoms with Crippen molar-refractivity contribution in [3.8, 4) is 5.75 Å². The third-order valence-corrected chi connectivity index (χ3v) is 5.19. The van der Waals surface area contributed by atoms with E-state index >= 15 is 0 Å². The smallest absolute Gasteiger partial charge is 0.311 e. The van der Waals surface area contributed by atoms with Crippen molar-refractivity contribution in [2.24, 2.45) is 5.92 Å². The van der Waals surface area contributed by atoms with E-state index in [9.17, 15) is 13.2 Å². The quantitative estimate of drug-likeness (QED) is 0.669. The maximum atomic E-state index is 12.5. The summed E-state index contributed by atoms with van der Waals surface area (Å²) in [6, 6.07) is 6.98. The number of rotatable bonds is 8. The van der Waals surface area contributed by atoms with Gasteiger partial charge in [0.25, 0.3) is 0 Å². The molecular formula is C18H29NO4S. The second-order valence-electron chi connectivity index (χ2n) is 6.95. The van der Waals surface area contributed by atoms with E-state index in [1.807, 2.05) is 33.8 Å². The summed E-state index contributed by atoms with van der Waals surface area (Å²) in [5, 5.41) is -0.630. The van der Waals surface area contributed by atoms with Gasteiger partial charge < -0.3 is 9.08 Å². The van der Waals surface area contributed by atoms with Gasteiger partial charge >= 0.3 is 10.1 Å². The van der Waals surface area contributed by atoms with E-state index in [0.717, 1.165) is 0 Å². The fourth-order valence-electron chi connectivity index (χ4n) is 2.15. The summed E-state index contributed by atoms with van der Waals surface area (Å²) in [6.45, 7) is 11.4. The number of benzene rings is 1. The van der Waals surface area contributed by atoms with E-state index in [1.54, 1.807) is 36.9 Å². The summed E-state index contributed by atoms with van der Waals surface area (Å²) < 4.78 is 29.4. The molecule has 0 radical (unpaired) electrons. The fraction of sp³-hybridized carbons (Fsp3) is 0.611. The minimum atomic E-state index is -3.67. The van der Waals surface area contributed by atoms with Gasteiger partial charge in [0.2, 0.25) is 5.91 Å². The Morgan fingerprint density at radius 3 is 2.17 bits per heavy atom. The van der Waals surface area contributed by atoms with Crippen LogP contribution < -0.4 is 4.18 Å². The summed E-state index contributed by atoms with van der Waals surface area (Å²) in [5.41, 5.74) is 0.688. The number of para-hydroxylation sites is 1. The van der Waals surface area contributed by atoms with Crippen LogP contribution >= 0.6 is 0 Å². The van der Waals surface area contributed by atoms with Crippen molar-refractivity contribution in [2.75, 3.05) is 0 Å². The van der Waals surface area contributed by atoms with Crippen molar-refractivity contribution >= 4 is 16.0 Å². The molecule has 0 atom stereocenters. The highest BCUT2D eigenvalue weighted by Gasteiger charge is 2.23. The molecule has 0 saturated carbocycles. The van der Waals surface area contributed by atoms with Gasteiger partial charge in [0, 0.05) is 24.6 Å². The van der Waals surface area contributed by atoms with Gasteiger partial charge in [-0.2, -0.15) is 8.42 Å². The standard InChI is InChI=1S/C18H29NO4S/c1-13(2)11-18(20)19(14(3)4)12-16-9-7-8-10-17(16)23-24(21,22)15(5)6/h7-10,13-15H,11-12H2,1-6H3. The van der Waals surface area contributed by atoms with Crippen molar-refractivity contribution < 1.29 is 17.4 Å². The first-order valence-corrected chi connectivity index (χ1v) is 9.82. The molecule has 0 aliphatic rings. The highest BCUT2D eigenvalue weighted by molar-refractivity contribution is 7.87. The number of carbonyl (C=O) groups excluding carboxylic acids is 1. The minimum absolute atomic E-state index is 0.0195. The number of hydrogen-bond acceptors (Lipinski definition) is 4. The average Bonchev–Trinajstić information content (AvgIpc) is 2.44. The third-order valence-electron chi connectivity index (χ3n) is 3.62. The lowest BCUT2D eigenvalue weighted by Crippen LogP contribution is -2.37. The van der Waals surface area contributed by atoms with Gasteiger partial charge in [-0.15, -0.1) is 0 Å². The Labute approximate surface area is 146 Å². The predicted octanol–water partition coefficient (Wildman–Crippen LogP) is 3.59. The second-order valence-corrected chi connectivity index (χ2v) is 9.04. The summed E-state index contributed by atoms with van der Waals surface area (Å²) in [6.07, 6.45) is 0.464. The van der Waals surface area contributed by atoms with Gasteiger partial charge in [0.1, 0.15) is 5.75 Å². The molecule has 0 aliphatic heterocycles. The van der Waals surface area contributed by atoms with E-state index in [0.29, 0.717) is 18.5 Å². The average molecular weight is 356 g/mol. The van der Waals surface area contributed by atoms with Crippen LogP contribution in [0.3, 0.4) is 0 Å². The number of nitrogens with zero attached hydrogens (tertiary/aromatic N) is 1. The lowest BCUT2D eigenvalue weighted by Gasteiger charge is -2.28. The summed E-state index contributed by atoms with van der Waals surface area (Å²) in [7, 11) is -3.67. The third kappa shape index (κ3) is 5.82. The largest absolute Gasteiger partial charge is 0.382 e. The maximum absolute atomic E-state index is 12.5. The van der Waals surface area contributed by atoms with Crippen molar-refractivity contribution in [1.82, 2.24) is 4.90 Å². The molecule has 0 fully saturated rings. The van der Waals surface area contributed by atoms with Gasteiger partial charge in [0.05, 0.1) is 5.25 Å². The first-order chi connectivity index (χ1) is 11.0. The van der Waals surface area contributed by atoms with Crippen LogP contribution in [-0.4, -0.2) is 30.5 Å². The van der Waals surface area contributed by atoms with Gasteiger partial charge in [0.15, 0.2) is 0 Å². The van der Waals surface area contributed by atoms with E-state index in [2.05, 4.69) is 0 Å². The van der Waals surface area contributed by atoms with E-state index in [1.165, 1.54) is 0 Å². The molecule has 1 rings (SSSR count). The molecule has 24 heavy (non-hydrogen) atoms. The van der Waals surface area contributed by atoms with Gasteiger partial charge in [-0.05, 0) is 39.7 Å². The highest BCUT2D eigenvalue weighted by atomic mass is 32.2. The number of hydrogen-bond donors (Lipinski definition) is 0. The topological polar surface area (TPSA) is 63.7 Å². The molecular weight excluding hydrogens is 326 g/mol. The van der Waals surface area contributed by atoms with Crippen LogP contribution in [0.5, 0.6) is 5.75 Å². The molecule has 136 valence electrons. The summed E-state index contributed by atoms with van der Waals surface area (Å²) >= 11 is 0. The van der Waals surface area contributed by atoms with Crippen LogP contribution in [0.25, 0.3) is 0 Å². The van der Waals surface area contributed by atoms with Crippen molar-refractivity contribution in [3.05, 3.63) is 29.8 Å². The molecule has 1 amide bonds. The molecule has 0 saturated heterocycles. The maximum Gasteiger partial charge on any atom is 0.311 e. The second kappa shape index (κ2) is 8.51. The Morgan fingerprint density at radius 2 is 1.67 bits per heavy atom. The molecule has 1 aromatic rings. The van der Waals surface area contributed by atoms with Crippen molar-refractivity contribution in [2.45, 2.75) is 65.8 Å². The first kappa shape index (κ1) is 20.5. The first-order valence-electron chi connectivity index (χ1n) is 8.35. The Balaban J connectivity index is 3.07. The molecule has 0 aliphatic carbocycles. The lowest BCUT2D eigenvalue weighted by atomic mass is 10.1. The van der Waals surface area contributed by atoms with Crippen molar-refractivity contribution in [3.63, 3.8) is 0 Å². The zero-order chi connectivity index (χ0) is 18.5. The molecule has 1 aromatic carbocycles. The zero-order valence-electron chi connectivity index (χ0n) is 15.4. The van der Waals surface area contributed by atoms with Gasteiger partial charge in [-0.1, -0.05) is 32.0 Å². The Kier molecular flexibility index (Phi) is 7.27. The molecule has 6 heteroatoms. The van der Waals surface area contributed by atoms with Crippen LogP contribution in [0.15, 0.2) is 24.3 Å². The van der Waals surface area contributed by atoms with E-state index in [-0.39, 0.29) is 23.6 Å². The van der Waals surface area contributed by atoms with E-state index < -0.39 is 15.4 Å². The van der Waals surface area contributed by atoms with Crippen LogP contribution in [0.1, 0.15) is 53.5 Å². The van der Waals surface area contributed by atoms with Gasteiger partial charge in [-0.3, -0.25) is 4.79 Å². The SMILES string of the molecule is CC(C)CC(=O)N(Cc1ccccc1OS(=O)(=O)C(C)C)C(C)C. The lowest BCUT2D eigenvalue weighted by molar-refractivity contribution is -0.134. The minimum Gasteiger partial charge on any atom is -0.382 e. The van der Waals surface area contributed by atoms with Crippen molar-refractivity contribution in [1.29, 1.82) is 0 Å². The van der Waals surface area contributed by atoms with Crippen LogP contribution in [0.2, 0.25) is 0 Å². The van der Waals surface area contributed by atoms with Crippen LogP contribution in [-0.2, 0) is 21.5 Å². The zero-order valence-corrected chi connectivity index (χ0v) is 16.3. The number of amides is 1. The van der Waals surface area contributed by atoms with Gasteiger partial charge in [-0.25, -0.2) is 0 Å². The Hall–Kier alpha value is -1.56. The molecule has 0 heterocycles. The fourth-order valence-corrected chi connectivity index (χ4v) is 2.75.